The molecule has 2 nitrogen and oxygen atoms in total. The van der Waals surface area contributed by atoms with Crippen molar-refractivity contribution in [2.45, 2.75) is 6.92 Å². The van der Waals surface area contributed by atoms with Crippen molar-refractivity contribution in [1.29, 1.82) is 0 Å². The van der Waals surface area contributed by atoms with Crippen LogP contribution < -0.4 is 4.52 Å². The lowest BCUT2D eigenvalue weighted by Gasteiger charge is -2.02. The van der Waals surface area contributed by atoms with E-state index in [1.165, 1.54) is 5.56 Å². The number of halogens is 1. The molecule has 0 aliphatic heterocycles. The molecule has 68 valence electrons. The largest absolute Gasteiger partial charge is 0.450 e. The van der Waals surface area contributed by atoms with Crippen molar-refractivity contribution in [3.05, 3.63) is 29.8 Å². The molecule has 1 rings (SSSR count). The molecule has 0 heterocycles. The van der Waals surface area contributed by atoms with E-state index in [9.17, 15) is 0 Å². The van der Waals surface area contributed by atoms with E-state index in [0.717, 1.165) is 5.75 Å². The first-order valence-electron chi connectivity index (χ1n) is 3.34. The Bertz CT molecular complexity index is 230. The Morgan fingerprint density at radius 2 is 2.08 bits per heavy atom. The molecule has 1 unspecified atom stereocenters. The van der Waals surface area contributed by atoms with Crippen LogP contribution in [0, 0.1) is 6.92 Å². The zero-order chi connectivity index (χ0) is 8.10. The van der Waals surface area contributed by atoms with Crippen molar-refractivity contribution >= 4 is 26.0 Å². The van der Waals surface area contributed by atoms with Gasteiger partial charge in [0.15, 0.2) is 0 Å². The molecule has 0 aliphatic carbocycles. The Kier molecular flexibility index (Phi) is 6.35. The van der Waals surface area contributed by atoms with E-state index < -0.39 is 0 Å². The van der Waals surface area contributed by atoms with Crippen LogP contribution in [0.5, 0.6) is 5.75 Å². The van der Waals surface area contributed by atoms with Gasteiger partial charge in [-0.3, -0.25) is 0 Å². The lowest BCUT2D eigenvalue weighted by atomic mass is 10.2. The first-order chi connectivity index (χ1) is 5.33. The zero-order valence-electron chi connectivity index (χ0n) is 7.03. The molecule has 12 heavy (non-hydrogen) atoms. The average Bonchev–Trinajstić information content (AvgIpc) is 2.01. The summed E-state index contributed by atoms with van der Waals surface area (Å²) in [4.78, 5) is 0. The number of hydrogen-bond acceptors (Lipinski definition) is 2. The van der Waals surface area contributed by atoms with Crippen molar-refractivity contribution < 1.29 is 9.05 Å². The lowest BCUT2D eigenvalue weighted by molar-refractivity contribution is 0.417. The summed E-state index contributed by atoms with van der Waals surface area (Å²) in [5, 5.41) is 0. The molecule has 1 aromatic rings. The normalized spacial score (nSPS) is 9.83. The average molecular weight is 251 g/mol. The molecule has 0 amide bonds. The number of aryl methyl sites for hydroxylation is 1. The molecule has 0 spiro atoms. The van der Waals surface area contributed by atoms with Gasteiger partial charge in [-0.25, -0.2) is 0 Å². The highest BCUT2D eigenvalue weighted by molar-refractivity contribution is 8.93. The molecule has 0 saturated carbocycles. The Morgan fingerprint density at radius 3 is 2.67 bits per heavy atom. The fraction of sp³-hybridized carbons (Fsp3) is 0.250. The standard InChI is InChI=1S/C8H11O2P.BrH/c1-7-4-3-5-8(6-7)10-11-9-2;/h3-6,11H,1-2H3;1H. The zero-order valence-corrected chi connectivity index (χ0v) is 9.75. The van der Waals surface area contributed by atoms with E-state index in [-0.39, 0.29) is 26.0 Å². The van der Waals surface area contributed by atoms with E-state index in [0.29, 0.717) is 0 Å². The molecule has 0 aromatic heterocycles. The number of benzene rings is 1. The van der Waals surface area contributed by atoms with Gasteiger partial charge in [0.2, 0.25) is 9.03 Å². The maximum absolute atomic E-state index is 5.24. The lowest BCUT2D eigenvalue weighted by Crippen LogP contribution is -1.79. The van der Waals surface area contributed by atoms with E-state index in [1.807, 2.05) is 31.2 Å². The third-order valence-corrected chi connectivity index (χ3v) is 1.72. The van der Waals surface area contributed by atoms with E-state index >= 15 is 0 Å². The molecule has 1 atom stereocenters. The summed E-state index contributed by atoms with van der Waals surface area (Å²) >= 11 is 0. The maximum atomic E-state index is 5.24. The molecule has 0 radical (unpaired) electrons. The molecule has 1 aromatic carbocycles. The minimum absolute atomic E-state index is 0. The van der Waals surface area contributed by atoms with Gasteiger partial charge in [-0.2, -0.15) is 0 Å². The first-order valence-corrected chi connectivity index (χ1v) is 4.16. The van der Waals surface area contributed by atoms with Gasteiger partial charge in [0.25, 0.3) is 0 Å². The highest BCUT2D eigenvalue weighted by Crippen LogP contribution is 2.20. The van der Waals surface area contributed by atoms with Crippen LogP contribution in [0.3, 0.4) is 0 Å². The Balaban J connectivity index is 0.00000121. The van der Waals surface area contributed by atoms with Crippen LogP contribution in [0.25, 0.3) is 0 Å². The molecular formula is C8H12BrO2P. The molecule has 0 N–H and O–H groups in total. The van der Waals surface area contributed by atoms with Crippen LogP contribution in [0.4, 0.5) is 0 Å². The van der Waals surface area contributed by atoms with Gasteiger partial charge in [-0.1, -0.05) is 12.1 Å². The first kappa shape index (κ1) is 11.9. The quantitative estimate of drug-likeness (QED) is 0.768. The smallest absolute Gasteiger partial charge is 0.215 e. The topological polar surface area (TPSA) is 18.5 Å². The van der Waals surface area contributed by atoms with Crippen molar-refractivity contribution in [2.24, 2.45) is 0 Å². The molecule has 0 fully saturated rings. The highest BCUT2D eigenvalue weighted by Gasteiger charge is 1.91. The summed E-state index contributed by atoms with van der Waals surface area (Å²) in [6, 6.07) is 7.89. The van der Waals surface area contributed by atoms with Gasteiger partial charge in [0.05, 0.1) is 0 Å². The van der Waals surface area contributed by atoms with Crippen LogP contribution in [0.1, 0.15) is 5.56 Å². The molecule has 0 saturated heterocycles. The monoisotopic (exact) mass is 250 g/mol. The molecule has 0 aliphatic rings. The van der Waals surface area contributed by atoms with E-state index in [1.54, 1.807) is 7.11 Å². The SMILES string of the molecule is Br.COPOc1cccc(C)c1. The second-order valence-electron chi connectivity index (χ2n) is 2.21. The maximum Gasteiger partial charge on any atom is 0.215 e. The number of rotatable bonds is 3. The Morgan fingerprint density at radius 1 is 1.33 bits per heavy atom. The van der Waals surface area contributed by atoms with Gasteiger partial charge < -0.3 is 9.05 Å². The summed E-state index contributed by atoms with van der Waals surface area (Å²) in [5.41, 5.74) is 1.20. The predicted octanol–water partition coefficient (Wildman–Crippen LogP) is 3.11. The number of hydrogen-bond donors (Lipinski definition) is 0. The minimum Gasteiger partial charge on any atom is -0.450 e. The third-order valence-electron chi connectivity index (χ3n) is 1.23. The van der Waals surface area contributed by atoms with Gasteiger partial charge in [-0.05, 0) is 24.6 Å². The van der Waals surface area contributed by atoms with Crippen LogP contribution in [0.15, 0.2) is 24.3 Å². The Labute approximate surface area is 85.0 Å². The fourth-order valence-electron chi connectivity index (χ4n) is 0.769. The minimum atomic E-state index is 0. The van der Waals surface area contributed by atoms with Crippen molar-refractivity contribution in [2.75, 3.05) is 7.11 Å². The fourth-order valence-corrected chi connectivity index (χ4v) is 1.08. The van der Waals surface area contributed by atoms with Crippen LogP contribution in [0.2, 0.25) is 0 Å². The van der Waals surface area contributed by atoms with Gasteiger partial charge in [-0.15, -0.1) is 17.0 Å². The van der Waals surface area contributed by atoms with E-state index in [2.05, 4.69) is 0 Å². The van der Waals surface area contributed by atoms with Crippen LogP contribution >= 0.6 is 26.0 Å². The van der Waals surface area contributed by atoms with Gasteiger partial charge in [0, 0.05) is 7.11 Å². The predicted molar refractivity (Wildman–Crippen MR) is 57.5 cm³/mol. The molecule has 0 bridgehead atoms. The Hall–Kier alpha value is -0.110. The van der Waals surface area contributed by atoms with Crippen molar-refractivity contribution in [3.63, 3.8) is 0 Å². The van der Waals surface area contributed by atoms with Crippen LogP contribution in [-0.4, -0.2) is 7.11 Å². The van der Waals surface area contributed by atoms with Crippen molar-refractivity contribution in [1.82, 2.24) is 0 Å². The summed E-state index contributed by atoms with van der Waals surface area (Å²) in [5.74, 6) is 0.866. The highest BCUT2D eigenvalue weighted by atomic mass is 79.9. The summed E-state index contributed by atoms with van der Waals surface area (Å²) in [6.45, 7) is 2.03. The summed E-state index contributed by atoms with van der Waals surface area (Å²) < 4.78 is 10.0. The van der Waals surface area contributed by atoms with Crippen molar-refractivity contribution in [3.8, 4) is 5.75 Å². The molecular weight excluding hydrogens is 239 g/mol. The summed E-state index contributed by atoms with van der Waals surface area (Å²) in [7, 11) is 1.71. The van der Waals surface area contributed by atoms with Gasteiger partial charge in [0.1, 0.15) is 5.75 Å². The van der Waals surface area contributed by atoms with Crippen LogP contribution in [-0.2, 0) is 4.52 Å². The van der Waals surface area contributed by atoms with Gasteiger partial charge >= 0.3 is 0 Å². The second-order valence-corrected chi connectivity index (χ2v) is 2.99. The summed E-state index contributed by atoms with van der Waals surface area (Å²) in [6.07, 6.45) is 0. The third kappa shape index (κ3) is 4.05. The van der Waals surface area contributed by atoms with E-state index in [4.69, 9.17) is 9.05 Å². The second kappa shape index (κ2) is 6.41. The molecule has 4 heteroatoms.